The summed E-state index contributed by atoms with van der Waals surface area (Å²) in [6.07, 6.45) is -1.63. The number of esters is 1. The Hall–Kier alpha value is -2.40. The van der Waals surface area contributed by atoms with Crippen LogP contribution in [0.1, 0.15) is 18.4 Å². The number of halogens is 4. The Morgan fingerprint density at radius 3 is 2.56 bits per heavy atom. The predicted octanol–water partition coefficient (Wildman–Crippen LogP) is 3.22. The minimum absolute atomic E-state index is 0.0524. The average molecular weight is 547 g/mol. The second-order valence-electron chi connectivity index (χ2n) is 8.39. The second-order valence-corrected chi connectivity index (χ2v) is 9.15. The number of aliphatic hydroxyl groups excluding tert-OH is 1. The number of alkyl halides is 4. The average Bonchev–Trinajstić information content (AvgIpc) is 3.06. The minimum Gasteiger partial charge on any atom is -0.463 e. The molecule has 0 radical (unpaired) electrons. The van der Waals surface area contributed by atoms with Crippen molar-refractivity contribution in [1.82, 2.24) is 4.90 Å². The van der Waals surface area contributed by atoms with Gasteiger partial charge in [0.05, 0.1) is 0 Å². The van der Waals surface area contributed by atoms with Crippen LogP contribution in [0, 0.1) is 0 Å². The van der Waals surface area contributed by atoms with Crippen LogP contribution in [0.15, 0.2) is 53.9 Å². The van der Waals surface area contributed by atoms with E-state index in [0.717, 1.165) is 16.2 Å². The van der Waals surface area contributed by atoms with E-state index in [0.29, 0.717) is 37.7 Å². The van der Waals surface area contributed by atoms with E-state index in [4.69, 9.17) is 38.4 Å². The number of aliphatic hydroxyl groups is 1. The van der Waals surface area contributed by atoms with Crippen LogP contribution in [-0.2, 0) is 20.7 Å². The second kappa shape index (κ2) is 12.7. The van der Waals surface area contributed by atoms with Gasteiger partial charge in [0.2, 0.25) is 6.23 Å². The molecule has 1 fully saturated rings. The summed E-state index contributed by atoms with van der Waals surface area (Å²) in [6, 6.07) is 7.91. The molecule has 12 heteroatoms. The first-order valence-electron chi connectivity index (χ1n) is 11.5. The van der Waals surface area contributed by atoms with Crippen molar-refractivity contribution in [3.8, 4) is 0 Å². The number of benzene rings is 1. The highest BCUT2D eigenvalue weighted by Gasteiger charge is 2.61. The largest absolute Gasteiger partial charge is 0.463 e. The molecular weight excluding hydrogens is 517 g/mol. The van der Waals surface area contributed by atoms with E-state index in [1.807, 2.05) is 24.3 Å². The maximum atomic E-state index is 14.7. The summed E-state index contributed by atoms with van der Waals surface area (Å²) in [6.45, 7) is 4.46. The Balaban J connectivity index is 1.45. The lowest BCUT2D eigenvalue weighted by atomic mass is 10.1. The van der Waals surface area contributed by atoms with E-state index < -0.39 is 36.9 Å². The van der Waals surface area contributed by atoms with Crippen LogP contribution in [-0.4, -0.2) is 77.6 Å². The molecule has 0 saturated carbocycles. The zero-order chi connectivity index (χ0) is 26.3. The number of aryl methyl sites for hydroxylation is 1. The lowest BCUT2D eigenvalue weighted by Crippen LogP contribution is -2.47. The van der Waals surface area contributed by atoms with Gasteiger partial charge < -0.3 is 30.1 Å². The van der Waals surface area contributed by atoms with Crippen molar-refractivity contribution < 1.29 is 28.2 Å². The number of carbonyl (C=O) groups excluding carboxylic acids is 1. The maximum absolute atomic E-state index is 14.7. The molecule has 1 aromatic carbocycles. The van der Waals surface area contributed by atoms with E-state index in [2.05, 4.69) is 16.5 Å². The third kappa shape index (κ3) is 6.88. The van der Waals surface area contributed by atoms with Crippen molar-refractivity contribution in [2.75, 3.05) is 36.4 Å². The molecule has 1 aromatic rings. The molecule has 1 saturated heterocycles. The Bertz CT molecular complexity index is 971. The fourth-order valence-corrected chi connectivity index (χ4v) is 4.35. The van der Waals surface area contributed by atoms with E-state index in [1.54, 1.807) is 0 Å². The molecule has 2 heterocycles. The molecule has 3 atom stereocenters. The molecular formula is C24H30Cl2F2N4O4. The standard InChI is InChI=1S/C24H30Cl2F2N4O4/c1-16-30-20(29)9-12-32(16)23-24(27,28)22(34)19(36-23)15-35-21(33)4-2-3-17-5-7-18(8-6-17)31(13-10-25)14-11-26/h5-9,12,19,22-23,34H,1-4,10-11,13-15H2,(H2,29,30)/t19-,22+,23?/m1/s1. The third-order valence-corrected chi connectivity index (χ3v) is 6.20. The van der Waals surface area contributed by atoms with Gasteiger partial charge in [-0.15, -0.1) is 23.2 Å². The van der Waals surface area contributed by atoms with Gasteiger partial charge in [-0.05, 0) is 36.6 Å². The number of nitrogens with zero attached hydrogens (tertiary/aromatic N) is 3. The number of rotatable bonds is 12. The van der Waals surface area contributed by atoms with Crippen LogP contribution in [0.3, 0.4) is 0 Å². The van der Waals surface area contributed by atoms with Crippen molar-refractivity contribution in [1.29, 1.82) is 0 Å². The number of amidine groups is 1. The molecule has 0 bridgehead atoms. The summed E-state index contributed by atoms with van der Waals surface area (Å²) in [5.74, 6) is -3.17. The van der Waals surface area contributed by atoms with Gasteiger partial charge in [0.25, 0.3) is 0 Å². The topological polar surface area (TPSA) is 101 Å². The first-order valence-corrected chi connectivity index (χ1v) is 12.6. The summed E-state index contributed by atoms with van der Waals surface area (Å²) in [5, 5.41) is 10.1. The van der Waals surface area contributed by atoms with Crippen LogP contribution >= 0.6 is 23.2 Å². The van der Waals surface area contributed by atoms with E-state index in [-0.39, 0.29) is 18.1 Å². The van der Waals surface area contributed by atoms with Crippen LogP contribution in [0.4, 0.5) is 14.5 Å². The highest BCUT2D eigenvalue weighted by molar-refractivity contribution is 6.18. The van der Waals surface area contributed by atoms with Crippen LogP contribution in [0.2, 0.25) is 0 Å². The monoisotopic (exact) mass is 546 g/mol. The van der Waals surface area contributed by atoms with Crippen molar-refractivity contribution in [3.05, 3.63) is 54.5 Å². The smallest absolute Gasteiger partial charge is 0.320 e. The number of hydrogen-bond acceptors (Lipinski definition) is 8. The Labute approximate surface area is 218 Å². The number of ether oxygens (including phenoxy) is 2. The number of anilines is 1. The number of hydrogen-bond donors (Lipinski definition) is 2. The third-order valence-electron chi connectivity index (χ3n) is 5.86. The first kappa shape index (κ1) is 28.2. The number of carbonyl (C=O) groups is 1. The van der Waals surface area contributed by atoms with Crippen LogP contribution in [0.25, 0.3) is 0 Å². The Morgan fingerprint density at radius 1 is 1.28 bits per heavy atom. The SMILES string of the molecule is C=C1N=C(N)C=CN1C1O[C@H](COC(=O)CCCc2ccc(N(CCCl)CCCl)cc2)[C@H](O)C1(F)F. The summed E-state index contributed by atoms with van der Waals surface area (Å²) in [5.41, 5.74) is 7.59. The molecule has 36 heavy (non-hydrogen) atoms. The van der Waals surface area contributed by atoms with Gasteiger partial charge in [-0.3, -0.25) is 4.79 Å². The molecule has 0 aliphatic carbocycles. The number of nitrogens with two attached hydrogens (primary N) is 1. The molecule has 8 nitrogen and oxygen atoms in total. The molecule has 1 unspecified atom stereocenters. The molecule has 0 amide bonds. The lowest BCUT2D eigenvalue weighted by Gasteiger charge is -2.31. The fraction of sp³-hybridized carbons (Fsp3) is 0.500. The normalized spacial score (nSPS) is 23.0. The maximum Gasteiger partial charge on any atom is 0.320 e. The van der Waals surface area contributed by atoms with Gasteiger partial charge in [-0.1, -0.05) is 18.7 Å². The molecule has 198 valence electrons. The minimum atomic E-state index is -3.65. The summed E-state index contributed by atoms with van der Waals surface area (Å²) >= 11 is 11.7. The number of aliphatic imine (C=N–C) groups is 1. The highest BCUT2D eigenvalue weighted by Crippen LogP contribution is 2.40. The molecule has 0 spiro atoms. The van der Waals surface area contributed by atoms with E-state index in [9.17, 15) is 18.7 Å². The van der Waals surface area contributed by atoms with Crippen LogP contribution < -0.4 is 10.6 Å². The van der Waals surface area contributed by atoms with Gasteiger partial charge in [0, 0.05) is 43.2 Å². The zero-order valence-corrected chi connectivity index (χ0v) is 21.2. The van der Waals surface area contributed by atoms with Gasteiger partial charge in [-0.25, -0.2) is 4.99 Å². The fourth-order valence-electron chi connectivity index (χ4n) is 3.94. The van der Waals surface area contributed by atoms with Crippen molar-refractivity contribution in [2.24, 2.45) is 10.7 Å². The van der Waals surface area contributed by atoms with E-state index in [1.165, 1.54) is 12.3 Å². The Morgan fingerprint density at radius 2 is 1.94 bits per heavy atom. The van der Waals surface area contributed by atoms with Crippen molar-refractivity contribution in [2.45, 2.75) is 43.6 Å². The predicted molar refractivity (Wildman–Crippen MR) is 135 cm³/mol. The Kier molecular flexibility index (Phi) is 9.95. The van der Waals surface area contributed by atoms with Gasteiger partial charge >= 0.3 is 11.9 Å². The summed E-state index contributed by atoms with van der Waals surface area (Å²) in [7, 11) is 0. The van der Waals surface area contributed by atoms with Gasteiger partial charge in [0.1, 0.15) is 24.4 Å². The van der Waals surface area contributed by atoms with Crippen molar-refractivity contribution >= 4 is 40.7 Å². The molecule has 2 aliphatic heterocycles. The summed E-state index contributed by atoms with van der Waals surface area (Å²) < 4.78 is 39.8. The van der Waals surface area contributed by atoms with Crippen LogP contribution in [0.5, 0.6) is 0 Å². The quantitative estimate of drug-likeness (QED) is 0.306. The highest BCUT2D eigenvalue weighted by atomic mass is 35.5. The lowest BCUT2D eigenvalue weighted by molar-refractivity contribution is -0.153. The molecule has 3 N–H and O–H groups in total. The van der Waals surface area contributed by atoms with Gasteiger partial charge in [0.15, 0.2) is 6.10 Å². The van der Waals surface area contributed by atoms with E-state index >= 15 is 0 Å². The zero-order valence-electron chi connectivity index (χ0n) is 19.7. The van der Waals surface area contributed by atoms with Crippen molar-refractivity contribution in [3.63, 3.8) is 0 Å². The first-order chi connectivity index (χ1) is 17.2. The summed E-state index contributed by atoms with van der Waals surface area (Å²) in [4.78, 5) is 19.1. The molecule has 3 rings (SSSR count). The molecule has 2 aliphatic rings. The molecule has 0 aromatic heterocycles. The van der Waals surface area contributed by atoms with Gasteiger partial charge in [-0.2, -0.15) is 8.78 Å².